The fraction of sp³-hybridized carbons (Fsp3) is 0.556. The summed E-state index contributed by atoms with van der Waals surface area (Å²) in [7, 11) is 1.64. The first-order valence-corrected chi connectivity index (χ1v) is 4.33. The largest absolute Gasteiger partial charge is 0.459 e. The zero-order valence-electron chi connectivity index (χ0n) is 7.58. The number of ether oxygens (including phenoxy) is 2. The molecule has 0 bridgehead atoms. The van der Waals surface area contributed by atoms with Gasteiger partial charge in [-0.3, -0.25) is 0 Å². The molecule has 1 N–H and O–H groups in total. The van der Waals surface area contributed by atoms with Gasteiger partial charge in [0.2, 0.25) is 0 Å². The van der Waals surface area contributed by atoms with Crippen molar-refractivity contribution in [3.63, 3.8) is 0 Å². The van der Waals surface area contributed by atoms with E-state index in [-0.39, 0.29) is 6.10 Å². The zero-order chi connectivity index (χ0) is 9.10. The monoisotopic (exact) mass is 183 g/mol. The maximum absolute atomic E-state index is 5.49. The Morgan fingerprint density at radius 2 is 2.38 bits per heavy atom. The van der Waals surface area contributed by atoms with Crippen LogP contribution in [0.3, 0.4) is 0 Å². The second-order valence-electron chi connectivity index (χ2n) is 3.05. The van der Waals surface area contributed by atoms with Crippen LogP contribution in [0.2, 0.25) is 0 Å². The van der Waals surface area contributed by atoms with Crippen molar-refractivity contribution in [2.45, 2.75) is 12.7 Å². The lowest BCUT2D eigenvalue weighted by atomic mass is 10.2. The molecule has 1 aromatic heterocycles. The minimum Gasteiger partial charge on any atom is -0.459 e. The van der Waals surface area contributed by atoms with Crippen LogP contribution in [0.5, 0.6) is 5.95 Å². The van der Waals surface area contributed by atoms with E-state index in [9.17, 15) is 0 Å². The van der Waals surface area contributed by atoms with Crippen LogP contribution in [-0.2, 0) is 11.3 Å². The Balaban J connectivity index is 1.88. The van der Waals surface area contributed by atoms with Crippen molar-refractivity contribution in [3.05, 3.63) is 17.9 Å². The van der Waals surface area contributed by atoms with E-state index in [2.05, 4.69) is 5.32 Å². The van der Waals surface area contributed by atoms with Gasteiger partial charge in [0.15, 0.2) is 0 Å². The number of hydrogen-bond donors (Lipinski definition) is 1. The highest BCUT2D eigenvalue weighted by Gasteiger charge is 2.19. The summed E-state index contributed by atoms with van der Waals surface area (Å²) in [5.74, 6) is 1.38. The Kier molecular flexibility index (Phi) is 2.52. The normalized spacial score (nSPS) is 17.0. The van der Waals surface area contributed by atoms with Crippen LogP contribution in [0.15, 0.2) is 16.5 Å². The lowest BCUT2D eigenvalue weighted by molar-refractivity contribution is 0.0987. The molecule has 4 nitrogen and oxygen atoms in total. The van der Waals surface area contributed by atoms with Crippen molar-refractivity contribution in [3.8, 4) is 5.95 Å². The smallest absolute Gasteiger partial charge is 0.284 e. The summed E-state index contributed by atoms with van der Waals surface area (Å²) >= 11 is 0. The number of rotatable bonds is 4. The van der Waals surface area contributed by atoms with E-state index in [4.69, 9.17) is 13.9 Å². The highest BCUT2D eigenvalue weighted by atomic mass is 16.6. The van der Waals surface area contributed by atoms with Crippen LogP contribution >= 0.6 is 0 Å². The molecule has 2 rings (SSSR count). The van der Waals surface area contributed by atoms with Crippen molar-refractivity contribution >= 4 is 0 Å². The number of furan rings is 1. The van der Waals surface area contributed by atoms with E-state index >= 15 is 0 Å². The van der Waals surface area contributed by atoms with Crippen LogP contribution in [0.1, 0.15) is 5.76 Å². The molecular formula is C9H13NO3. The average molecular weight is 183 g/mol. The second-order valence-corrected chi connectivity index (χ2v) is 3.05. The molecule has 13 heavy (non-hydrogen) atoms. The highest BCUT2D eigenvalue weighted by molar-refractivity contribution is 5.12. The van der Waals surface area contributed by atoms with Gasteiger partial charge in [0.25, 0.3) is 5.95 Å². The molecule has 0 amide bonds. The maximum Gasteiger partial charge on any atom is 0.284 e. The van der Waals surface area contributed by atoms with Gasteiger partial charge in [0.1, 0.15) is 18.5 Å². The molecule has 0 saturated carbocycles. The SMILES string of the molecule is COCc1ccc(OC2CNC2)o1. The Labute approximate surface area is 76.8 Å². The van der Waals surface area contributed by atoms with Gasteiger partial charge in [0.05, 0.1) is 0 Å². The third-order valence-corrected chi connectivity index (χ3v) is 1.95. The maximum atomic E-state index is 5.49. The summed E-state index contributed by atoms with van der Waals surface area (Å²) in [6, 6.07) is 3.69. The van der Waals surface area contributed by atoms with E-state index in [1.807, 2.05) is 12.1 Å². The summed E-state index contributed by atoms with van der Waals surface area (Å²) in [6.07, 6.45) is 0.265. The predicted octanol–water partition coefficient (Wildman–Crippen LogP) is 0.777. The van der Waals surface area contributed by atoms with Crippen molar-refractivity contribution in [1.82, 2.24) is 5.32 Å². The Morgan fingerprint density at radius 1 is 1.54 bits per heavy atom. The van der Waals surface area contributed by atoms with Crippen molar-refractivity contribution in [2.24, 2.45) is 0 Å². The summed E-state index contributed by atoms with van der Waals surface area (Å²) in [5.41, 5.74) is 0. The van der Waals surface area contributed by atoms with E-state index in [0.29, 0.717) is 12.6 Å². The first kappa shape index (κ1) is 8.59. The van der Waals surface area contributed by atoms with Crippen LogP contribution in [0.4, 0.5) is 0 Å². The number of hydrogen-bond acceptors (Lipinski definition) is 4. The van der Waals surface area contributed by atoms with Crippen LogP contribution in [-0.4, -0.2) is 26.3 Å². The first-order valence-electron chi connectivity index (χ1n) is 4.33. The van der Waals surface area contributed by atoms with E-state index < -0.39 is 0 Å². The lowest BCUT2D eigenvalue weighted by Crippen LogP contribution is -2.50. The minimum atomic E-state index is 0.265. The Bertz CT molecular complexity index is 268. The van der Waals surface area contributed by atoms with E-state index in [1.54, 1.807) is 7.11 Å². The molecule has 72 valence electrons. The molecule has 1 saturated heterocycles. The molecule has 0 radical (unpaired) electrons. The van der Waals surface area contributed by atoms with Gasteiger partial charge in [-0.05, 0) is 6.07 Å². The molecule has 2 heterocycles. The van der Waals surface area contributed by atoms with Crippen LogP contribution in [0, 0.1) is 0 Å². The summed E-state index contributed by atoms with van der Waals surface area (Å²) in [5, 5.41) is 3.12. The summed E-state index contributed by atoms with van der Waals surface area (Å²) < 4.78 is 15.8. The molecule has 1 aliphatic heterocycles. The number of nitrogens with one attached hydrogen (secondary N) is 1. The van der Waals surface area contributed by atoms with E-state index in [1.165, 1.54) is 0 Å². The molecule has 0 aromatic carbocycles. The third kappa shape index (κ3) is 2.02. The minimum absolute atomic E-state index is 0.265. The standard InChI is InChI=1S/C9H13NO3/c1-11-6-7-2-3-9(12-7)13-8-4-10-5-8/h2-3,8,10H,4-6H2,1H3. The molecule has 1 fully saturated rings. The Morgan fingerprint density at radius 3 is 3.00 bits per heavy atom. The average Bonchev–Trinajstić information content (AvgIpc) is 2.46. The highest BCUT2D eigenvalue weighted by Crippen LogP contribution is 2.18. The van der Waals surface area contributed by atoms with E-state index in [0.717, 1.165) is 18.8 Å². The van der Waals surface area contributed by atoms with Gasteiger partial charge in [-0.2, -0.15) is 0 Å². The molecule has 0 atom stereocenters. The lowest BCUT2D eigenvalue weighted by Gasteiger charge is -2.26. The second kappa shape index (κ2) is 3.81. The van der Waals surface area contributed by atoms with Crippen molar-refractivity contribution in [2.75, 3.05) is 20.2 Å². The summed E-state index contributed by atoms with van der Waals surface area (Å²) in [4.78, 5) is 0. The van der Waals surface area contributed by atoms with Crippen molar-refractivity contribution < 1.29 is 13.9 Å². The molecule has 0 unspecified atom stereocenters. The molecule has 1 aliphatic rings. The topological polar surface area (TPSA) is 43.6 Å². The van der Waals surface area contributed by atoms with Gasteiger partial charge in [0, 0.05) is 26.3 Å². The van der Waals surface area contributed by atoms with Gasteiger partial charge >= 0.3 is 0 Å². The van der Waals surface area contributed by atoms with Gasteiger partial charge in [-0.1, -0.05) is 0 Å². The molecule has 0 spiro atoms. The Hall–Kier alpha value is -1.00. The van der Waals surface area contributed by atoms with Gasteiger partial charge in [-0.25, -0.2) is 0 Å². The van der Waals surface area contributed by atoms with Crippen LogP contribution < -0.4 is 10.1 Å². The quantitative estimate of drug-likeness (QED) is 0.749. The molecule has 0 aliphatic carbocycles. The van der Waals surface area contributed by atoms with Crippen molar-refractivity contribution in [1.29, 1.82) is 0 Å². The molecule has 4 heteroatoms. The fourth-order valence-electron chi connectivity index (χ4n) is 1.15. The fourth-order valence-corrected chi connectivity index (χ4v) is 1.15. The van der Waals surface area contributed by atoms with Crippen LogP contribution in [0.25, 0.3) is 0 Å². The number of methoxy groups -OCH3 is 1. The third-order valence-electron chi connectivity index (χ3n) is 1.95. The zero-order valence-corrected chi connectivity index (χ0v) is 7.58. The predicted molar refractivity (Wildman–Crippen MR) is 46.7 cm³/mol. The van der Waals surface area contributed by atoms with Gasteiger partial charge < -0.3 is 19.2 Å². The summed E-state index contributed by atoms with van der Waals surface area (Å²) in [6.45, 7) is 2.30. The molecular weight excluding hydrogens is 170 g/mol. The molecule has 1 aromatic rings. The first-order chi connectivity index (χ1) is 6.38. The van der Waals surface area contributed by atoms with Gasteiger partial charge in [-0.15, -0.1) is 0 Å².